The van der Waals surface area contributed by atoms with Crippen LogP contribution in [0.3, 0.4) is 0 Å². The molecule has 5 nitrogen and oxygen atoms in total. The van der Waals surface area contributed by atoms with Crippen molar-refractivity contribution in [2.24, 2.45) is 18.9 Å². The smallest absolute Gasteiger partial charge is 0.255 e. The molecule has 1 aliphatic heterocycles. The summed E-state index contributed by atoms with van der Waals surface area (Å²) in [5.74, 6) is 1.79. The van der Waals surface area contributed by atoms with Crippen molar-refractivity contribution in [3.63, 3.8) is 0 Å². The van der Waals surface area contributed by atoms with Crippen LogP contribution in [-0.4, -0.2) is 28.3 Å². The van der Waals surface area contributed by atoms with E-state index >= 15 is 0 Å². The first-order valence-corrected chi connectivity index (χ1v) is 7.66. The van der Waals surface area contributed by atoms with Crippen molar-refractivity contribution in [2.75, 3.05) is 6.61 Å². The zero-order valence-electron chi connectivity index (χ0n) is 11.8. The summed E-state index contributed by atoms with van der Waals surface area (Å²) in [7, 11) is 1.86. The van der Waals surface area contributed by atoms with E-state index in [4.69, 9.17) is 4.74 Å². The van der Waals surface area contributed by atoms with Gasteiger partial charge in [0.15, 0.2) is 0 Å². The summed E-state index contributed by atoms with van der Waals surface area (Å²) in [5.41, 5.74) is 1.51. The number of rotatable bonds is 3. The number of hydrogen-bond acceptors (Lipinski definition) is 3. The first-order valence-electron chi connectivity index (χ1n) is 7.66. The van der Waals surface area contributed by atoms with Crippen LogP contribution in [0.4, 0.5) is 0 Å². The second kappa shape index (κ2) is 4.58. The van der Waals surface area contributed by atoms with Gasteiger partial charge in [0.05, 0.1) is 5.56 Å². The van der Waals surface area contributed by atoms with Crippen LogP contribution in [0.15, 0.2) is 6.20 Å². The Kier molecular flexibility index (Phi) is 2.84. The highest BCUT2D eigenvalue weighted by Crippen LogP contribution is 2.51. The first kappa shape index (κ1) is 12.4. The number of nitrogens with zero attached hydrogens (tertiary/aromatic N) is 2. The number of hydrogen-bond donors (Lipinski definition) is 1. The van der Waals surface area contributed by atoms with Crippen molar-refractivity contribution in [3.05, 3.63) is 17.5 Å². The van der Waals surface area contributed by atoms with Crippen LogP contribution < -0.4 is 5.32 Å². The predicted octanol–water partition coefficient (Wildman–Crippen LogP) is 1.80. The highest BCUT2D eigenvalue weighted by molar-refractivity contribution is 5.95. The van der Waals surface area contributed by atoms with E-state index in [1.54, 1.807) is 4.68 Å². The van der Waals surface area contributed by atoms with Gasteiger partial charge in [-0.2, -0.15) is 5.10 Å². The minimum absolute atomic E-state index is 0.00562. The van der Waals surface area contributed by atoms with Crippen molar-refractivity contribution in [1.82, 2.24) is 15.1 Å². The number of ether oxygens (including phenoxy) is 1. The fourth-order valence-corrected chi connectivity index (χ4v) is 3.81. The highest BCUT2D eigenvalue weighted by atomic mass is 16.5. The quantitative estimate of drug-likeness (QED) is 0.915. The van der Waals surface area contributed by atoms with E-state index in [-0.39, 0.29) is 12.0 Å². The topological polar surface area (TPSA) is 56.2 Å². The van der Waals surface area contributed by atoms with E-state index in [0.717, 1.165) is 49.8 Å². The summed E-state index contributed by atoms with van der Waals surface area (Å²) in [6, 6.07) is 0.365. The van der Waals surface area contributed by atoms with Gasteiger partial charge < -0.3 is 10.1 Å². The lowest BCUT2D eigenvalue weighted by Gasteiger charge is -2.15. The molecule has 1 aromatic heterocycles. The average molecular weight is 275 g/mol. The van der Waals surface area contributed by atoms with Gasteiger partial charge >= 0.3 is 0 Å². The maximum Gasteiger partial charge on any atom is 0.255 e. The molecule has 3 aliphatic rings. The Morgan fingerprint density at radius 3 is 2.90 bits per heavy atom. The summed E-state index contributed by atoms with van der Waals surface area (Å²) < 4.78 is 7.40. The molecule has 1 amide bonds. The fourth-order valence-electron chi connectivity index (χ4n) is 3.81. The van der Waals surface area contributed by atoms with Crippen molar-refractivity contribution < 1.29 is 9.53 Å². The molecule has 0 spiro atoms. The third-order valence-corrected chi connectivity index (χ3v) is 4.92. The van der Waals surface area contributed by atoms with Crippen LogP contribution in [-0.2, 0) is 11.8 Å². The van der Waals surface area contributed by atoms with Gasteiger partial charge in [-0.15, -0.1) is 0 Å². The number of fused-ring (bicyclic) bond motifs is 1. The molecule has 1 aromatic rings. The molecule has 1 saturated heterocycles. The Bertz CT molecular complexity index is 523. The number of aromatic nitrogens is 2. The summed E-state index contributed by atoms with van der Waals surface area (Å²) in [6.07, 6.45) is 7.52. The summed E-state index contributed by atoms with van der Waals surface area (Å²) in [5, 5.41) is 7.63. The lowest BCUT2D eigenvalue weighted by atomic mass is 10.1. The highest BCUT2D eigenvalue weighted by Gasteiger charge is 2.46. The fraction of sp³-hybridized carbons (Fsp3) is 0.733. The van der Waals surface area contributed by atoms with Crippen LogP contribution in [0, 0.1) is 11.8 Å². The molecule has 108 valence electrons. The third kappa shape index (κ3) is 2.14. The van der Waals surface area contributed by atoms with Gasteiger partial charge in [0.2, 0.25) is 0 Å². The summed E-state index contributed by atoms with van der Waals surface area (Å²) in [4.78, 5) is 12.5. The molecule has 2 aliphatic carbocycles. The summed E-state index contributed by atoms with van der Waals surface area (Å²) >= 11 is 0. The van der Waals surface area contributed by atoms with E-state index in [1.807, 2.05) is 13.2 Å². The Hall–Kier alpha value is -1.36. The SMILES string of the molecule is Cn1cc(C(=O)NC2CC3CC3C2)c(C2CCCO2)n1. The molecule has 0 radical (unpaired) electrons. The Morgan fingerprint density at radius 1 is 1.40 bits per heavy atom. The Morgan fingerprint density at radius 2 is 2.20 bits per heavy atom. The monoisotopic (exact) mass is 275 g/mol. The molecule has 0 aromatic carbocycles. The molecule has 2 saturated carbocycles. The summed E-state index contributed by atoms with van der Waals surface area (Å²) in [6.45, 7) is 0.772. The van der Waals surface area contributed by atoms with E-state index in [1.165, 1.54) is 6.42 Å². The molecule has 3 atom stereocenters. The number of carbonyl (C=O) groups excluding carboxylic acids is 1. The van der Waals surface area contributed by atoms with Crippen LogP contribution in [0.5, 0.6) is 0 Å². The van der Waals surface area contributed by atoms with Gasteiger partial charge in [0.25, 0.3) is 5.91 Å². The van der Waals surface area contributed by atoms with Gasteiger partial charge in [0, 0.05) is 25.9 Å². The van der Waals surface area contributed by atoms with Gasteiger partial charge in [0.1, 0.15) is 11.8 Å². The normalized spacial score (nSPS) is 35.0. The van der Waals surface area contributed by atoms with Crippen LogP contribution in [0.1, 0.15) is 54.3 Å². The van der Waals surface area contributed by atoms with E-state index in [0.29, 0.717) is 11.6 Å². The molecule has 20 heavy (non-hydrogen) atoms. The maximum absolute atomic E-state index is 12.5. The Labute approximate surface area is 118 Å². The molecule has 5 heteroatoms. The lowest BCUT2D eigenvalue weighted by molar-refractivity contribution is 0.0907. The van der Waals surface area contributed by atoms with E-state index < -0.39 is 0 Å². The van der Waals surface area contributed by atoms with E-state index in [2.05, 4.69) is 10.4 Å². The van der Waals surface area contributed by atoms with Crippen LogP contribution in [0.25, 0.3) is 0 Å². The van der Waals surface area contributed by atoms with Crippen molar-refractivity contribution in [2.45, 2.75) is 44.2 Å². The number of amides is 1. The molecule has 3 unspecified atom stereocenters. The average Bonchev–Trinajstić information content (AvgIpc) is 2.88. The van der Waals surface area contributed by atoms with Gasteiger partial charge in [-0.05, 0) is 43.9 Å². The standard InChI is InChI=1S/C15H21N3O2/c1-18-8-12(14(17-18)13-3-2-4-20-13)15(19)16-11-6-9-5-10(9)7-11/h8-11,13H,2-7H2,1H3,(H,16,19). The van der Waals surface area contributed by atoms with Gasteiger partial charge in [-0.25, -0.2) is 0 Å². The largest absolute Gasteiger partial charge is 0.372 e. The van der Waals surface area contributed by atoms with E-state index in [9.17, 15) is 4.79 Å². The third-order valence-electron chi connectivity index (χ3n) is 4.92. The maximum atomic E-state index is 12.5. The number of carbonyl (C=O) groups is 1. The molecule has 3 fully saturated rings. The first-order chi connectivity index (χ1) is 9.70. The van der Waals surface area contributed by atoms with Crippen LogP contribution in [0.2, 0.25) is 0 Å². The zero-order valence-corrected chi connectivity index (χ0v) is 11.8. The van der Waals surface area contributed by atoms with Crippen molar-refractivity contribution in [3.8, 4) is 0 Å². The Balaban J connectivity index is 1.50. The molecule has 2 heterocycles. The van der Waals surface area contributed by atoms with Crippen molar-refractivity contribution in [1.29, 1.82) is 0 Å². The van der Waals surface area contributed by atoms with Crippen LogP contribution >= 0.6 is 0 Å². The molecule has 1 N–H and O–H groups in total. The molecule has 4 rings (SSSR count). The second-order valence-corrected chi connectivity index (χ2v) is 6.50. The molecular formula is C15H21N3O2. The zero-order chi connectivity index (χ0) is 13.7. The van der Waals surface area contributed by atoms with Crippen molar-refractivity contribution >= 4 is 5.91 Å². The number of aryl methyl sites for hydroxylation is 1. The predicted molar refractivity (Wildman–Crippen MR) is 73.2 cm³/mol. The lowest BCUT2D eigenvalue weighted by Crippen LogP contribution is -2.34. The van der Waals surface area contributed by atoms with Gasteiger partial charge in [-0.3, -0.25) is 9.48 Å². The molecule has 0 bridgehead atoms. The molecular weight excluding hydrogens is 254 g/mol. The minimum atomic E-state index is -0.00562. The van der Waals surface area contributed by atoms with Gasteiger partial charge in [-0.1, -0.05) is 0 Å². The second-order valence-electron chi connectivity index (χ2n) is 6.50. The number of nitrogens with one attached hydrogen (secondary N) is 1. The minimum Gasteiger partial charge on any atom is -0.372 e.